The largest absolute Gasteiger partial charge is 0.461 e. The smallest absolute Gasteiger partial charge is 0.135 e. The second kappa shape index (κ2) is 6.86. The molecule has 20 heavy (non-hydrogen) atoms. The number of hydrogen-bond donors (Lipinski definition) is 1. The molecule has 2 rings (SSSR count). The summed E-state index contributed by atoms with van der Waals surface area (Å²) in [6.45, 7) is 5.14. The highest BCUT2D eigenvalue weighted by Gasteiger charge is 2.13. The fraction of sp³-hybridized carbons (Fsp3) is 0.333. The molecule has 1 aromatic heterocycles. The van der Waals surface area contributed by atoms with E-state index in [4.69, 9.17) is 39.2 Å². The molecule has 5 heteroatoms. The number of likely N-dealkylation sites (N-methyl/N-ethyl adjacent to an activating group) is 1. The Labute approximate surface area is 134 Å². The lowest BCUT2D eigenvalue weighted by Gasteiger charge is -2.09. The predicted molar refractivity (Wildman–Crippen MR) is 86.0 cm³/mol. The summed E-state index contributed by atoms with van der Waals surface area (Å²) < 4.78 is 5.84. The van der Waals surface area contributed by atoms with Gasteiger partial charge in [-0.25, -0.2) is 0 Å². The molecule has 1 aromatic carbocycles. The summed E-state index contributed by atoms with van der Waals surface area (Å²) in [6, 6.07) is 7.58. The number of furan rings is 1. The van der Waals surface area contributed by atoms with Gasteiger partial charge in [0.05, 0.1) is 15.1 Å². The Hall–Kier alpha value is -0.670. The minimum Gasteiger partial charge on any atom is -0.461 e. The molecule has 0 aliphatic rings. The average Bonchev–Trinajstić information content (AvgIpc) is 2.82. The summed E-state index contributed by atoms with van der Waals surface area (Å²) in [5.74, 6) is 1.61. The van der Waals surface area contributed by atoms with Crippen LogP contribution in [-0.2, 0) is 6.42 Å². The van der Waals surface area contributed by atoms with Gasteiger partial charge < -0.3 is 9.73 Å². The van der Waals surface area contributed by atoms with E-state index < -0.39 is 0 Å². The molecule has 2 aromatic rings. The van der Waals surface area contributed by atoms with Gasteiger partial charge in [0.1, 0.15) is 11.5 Å². The van der Waals surface area contributed by atoms with Gasteiger partial charge in [-0.3, -0.25) is 0 Å². The average molecular weight is 333 g/mol. The van der Waals surface area contributed by atoms with E-state index >= 15 is 0 Å². The highest BCUT2D eigenvalue weighted by molar-refractivity contribution is 6.44. The predicted octanol–water partition coefficient (Wildman–Crippen LogP) is 5.45. The maximum atomic E-state index is 6.19. The monoisotopic (exact) mass is 331 g/mol. The molecule has 0 aliphatic heterocycles. The van der Waals surface area contributed by atoms with Crippen molar-refractivity contribution in [3.8, 4) is 11.3 Å². The SMILES string of the molecule is CCNC(C)Cc1ccc(-c2cc(Cl)c(Cl)cc2Cl)o1. The second-order valence-corrected chi connectivity index (χ2v) is 5.90. The standard InChI is InChI=1S/C15H16Cl3NO/c1-3-19-9(2)6-10-4-5-15(20-10)11-7-13(17)14(18)8-12(11)16/h4-5,7-9,19H,3,6H2,1-2H3. The molecule has 1 heterocycles. The molecule has 0 spiro atoms. The lowest BCUT2D eigenvalue weighted by atomic mass is 10.1. The summed E-state index contributed by atoms with van der Waals surface area (Å²) in [4.78, 5) is 0. The van der Waals surface area contributed by atoms with E-state index in [2.05, 4.69) is 19.2 Å². The van der Waals surface area contributed by atoms with E-state index in [1.165, 1.54) is 0 Å². The van der Waals surface area contributed by atoms with Crippen LogP contribution < -0.4 is 5.32 Å². The molecule has 0 amide bonds. The zero-order valence-electron chi connectivity index (χ0n) is 11.3. The summed E-state index contributed by atoms with van der Waals surface area (Å²) in [5.41, 5.74) is 0.753. The van der Waals surface area contributed by atoms with Gasteiger partial charge in [-0.15, -0.1) is 0 Å². The lowest BCUT2D eigenvalue weighted by Crippen LogP contribution is -2.27. The Morgan fingerprint density at radius 1 is 1.10 bits per heavy atom. The minimum absolute atomic E-state index is 0.364. The molecule has 0 saturated carbocycles. The molecule has 0 saturated heterocycles. The van der Waals surface area contributed by atoms with Crippen LogP contribution in [0, 0.1) is 0 Å². The molecule has 0 radical (unpaired) electrons. The highest BCUT2D eigenvalue weighted by atomic mass is 35.5. The van der Waals surface area contributed by atoms with Gasteiger partial charge in [-0.05, 0) is 37.7 Å². The van der Waals surface area contributed by atoms with E-state index in [9.17, 15) is 0 Å². The topological polar surface area (TPSA) is 25.2 Å². The van der Waals surface area contributed by atoms with E-state index in [0.29, 0.717) is 26.9 Å². The Morgan fingerprint density at radius 2 is 1.80 bits per heavy atom. The number of benzene rings is 1. The van der Waals surface area contributed by atoms with E-state index in [1.807, 2.05) is 12.1 Å². The molecule has 108 valence electrons. The van der Waals surface area contributed by atoms with Gasteiger partial charge in [0, 0.05) is 18.0 Å². The van der Waals surface area contributed by atoms with Crippen molar-refractivity contribution in [2.75, 3.05) is 6.54 Å². The molecular formula is C15H16Cl3NO. The quantitative estimate of drug-likeness (QED) is 0.737. The third-order valence-corrected chi connectivity index (χ3v) is 4.03. The van der Waals surface area contributed by atoms with Crippen molar-refractivity contribution in [2.24, 2.45) is 0 Å². The molecular weight excluding hydrogens is 317 g/mol. The van der Waals surface area contributed by atoms with Gasteiger partial charge in [0.25, 0.3) is 0 Å². The maximum absolute atomic E-state index is 6.19. The lowest BCUT2D eigenvalue weighted by molar-refractivity contribution is 0.470. The maximum Gasteiger partial charge on any atom is 0.135 e. The summed E-state index contributed by atoms with van der Waals surface area (Å²) in [5, 5.41) is 4.78. The molecule has 1 N–H and O–H groups in total. The van der Waals surface area contributed by atoms with E-state index in [0.717, 1.165) is 24.3 Å². The molecule has 1 unspecified atom stereocenters. The van der Waals surface area contributed by atoms with Crippen LogP contribution in [0.15, 0.2) is 28.7 Å². The molecule has 1 atom stereocenters. The number of rotatable bonds is 5. The van der Waals surface area contributed by atoms with Gasteiger partial charge in [-0.2, -0.15) is 0 Å². The van der Waals surface area contributed by atoms with Crippen molar-refractivity contribution in [3.05, 3.63) is 45.1 Å². The van der Waals surface area contributed by atoms with Crippen LogP contribution in [0.5, 0.6) is 0 Å². The Balaban J connectivity index is 2.22. The first kappa shape index (κ1) is 15.7. The van der Waals surface area contributed by atoms with Crippen LogP contribution in [-0.4, -0.2) is 12.6 Å². The number of halogens is 3. The molecule has 0 aliphatic carbocycles. The normalized spacial score (nSPS) is 12.7. The van der Waals surface area contributed by atoms with Crippen LogP contribution in [0.3, 0.4) is 0 Å². The summed E-state index contributed by atoms with van der Waals surface area (Å²) in [7, 11) is 0. The minimum atomic E-state index is 0.364. The highest BCUT2D eigenvalue weighted by Crippen LogP contribution is 2.36. The van der Waals surface area contributed by atoms with Crippen LogP contribution >= 0.6 is 34.8 Å². The van der Waals surface area contributed by atoms with Crippen molar-refractivity contribution >= 4 is 34.8 Å². The van der Waals surface area contributed by atoms with Gasteiger partial charge >= 0.3 is 0 Å². The zero-order valence-corrected chi connectivity index (χ0v) is 13.6. The first-order chi connectivity index (χ1) is 9.51. The van der Waals surface area contributed by atoms with Crippen molar-refractivity contribution in [1.82, 2.24) is 5.32 Å². The first-order valence-electron chi connectivity index (χ1n) is 6.48. The van der Waals surface area contributed by atoms with Gasteiger partial charge in [0.2, 0.25) is 0 Å². The van der Waals surface area contributed by atoms with Gasteiger partial charge in [0.15, 0.2) is 0 Å². The van der Waals surface area contributed by atoms with E-state index in [1.54, 1.807) is 12.1 Å². The van der Waals surface area contributed by atoms with E-state index in [-0.39, 0.29) is 0 Å². The van der Waals surface area contributed by atoms with Crippen LogP contribution in [0.2, 0.25) is 15.1 Å². The first-order valence-corrected chi connectivity index (χ1v) is 7.61. The Morgan fingerprint density at radius 3 is 2.50 bits per heavy atom. The van der Waals surface area contributed by atoms with Crippen LogP contribution in [0.4, 0.5) is 0 Å². The molecule has 2 nitrogen and oxygen atoms in total. The second-order valence-electron chi connectivity index (χ2n) is 4.67. The Kier molecular flexibility index (Phi) is 5.39. The Bertz CT molecular complexity index is 595. The third-order valence-electron chi connectivity index (χ3n) is 3.00. The van der Waals surface area contributed by atoms with Gasteiger partial charge in [-0.1, -0.05) is 41.7 Å². The zero-order chi connectivity index (χ0) is 14.7. The summed E-state index contributed by atoms with van der Waals surface area (Å²) >= 11 is 18.1. The number of nitrogens with one attached hydrogen (secondary N) is 1. The van der Waals surface area contributed by atoms with Crippen molar-refractivity contribution in [2.45, 2.75) is 26.3 Å². The number of hydrogen-bond acceptors (Lipinski definition) is 2. The van der Waals surface area contributed by atoms with Crippen LogP contribution in [0.25, 0.3) is 11.3 Å². The van der Waals surface area contributed by atoms with Crippen molar-refractivity contribution in [1.29, 1.82) is 0 Å². The summed E-state index contributed by atoms with van der Waals surface area (Å²) in [6.07, 6.45) is 0.826. The molecule has 0 fully saturated rings. The van der Waals surface area contributed by atoms with Crippen LogP contribution in [0.1, 0.15) is 19.6 Å². The third kappa shape index (κ3) is 3.70. The van der Waals surface area contributed by atoms with Crippen molar-refractivity contribution in [3.63, 3.8) is 0 Å². The fourth-order valence-corrected chi connectivity index (χ4v) is 2.71. The fourth-order valence-electron chi connectivity index (χ4n) is 2.07. The van der Waals surface area contributed by atoms with Crippen molar-refractivity contribution < 1.29 is 4.42 Å². The molecule has 0 bridgehead atoms.